The van der Waals surface area contributed by atoms with Gasteiger partial charge in [-0.2, -0.15) is 0 Å². The summed E-state index contributed by atoms with van der Waals surface area (Å²) in [4.78, 5) is 17.1. The van der Waals surface area contributed by atoms with Crippen molar-refractivity contribution >= 4 is 28.0 Å². The molecule has 164 valence electrons. The summed E-state index contributed by atoms with van der Waals surface area (Å²) in [7, 11) is 1.89. The molecule has 1 heterocycles. The predicted octanol–water partition coefficient (Wildman–Crippen LogP) is 4.16. The van der Waals surface area contributed by atoms with E-state index in [1.54, 1.807) is 21.1 Å². The third-order valence-electron chi connectivity index (χ3n) is 5.53. The van der Waals surface area contributed by atoms with Gasteiger partial charge in [0.1, 0.15) is 21.8 Å². The van der Waals surface area contributed by atoms with Crippen molar-refractivity contribution in [2.45, 2.75) is 50.0 Å². The molecule has 0 spiro atoms. The van der Waals surface area contributed by atoms with Crippen LogP contribution in [-0.4, -0.2) is 41.1 Å². The van der Waals surface area contributed by atoms with Gasteiger partial charge in [-0.3, -0.25) is 9.00 Å². The first-order valence-electron chi connectivity index (χ1n) is 10.3. The van der Waals surface area contributed by atoms with Crippen molar-refractivity contribution in [3.63, 3.8) is 0 Å². The number of ether oxygens (including phenoxy) is 2. The van der Waals surface area contributed by atoms with E-state index in [-0.39, 0.29) is 11.7 Å². The molecule has 8 heteroatoms. The summed E-state index contributed by atoms with van der Waals surface area (Å²) in [6.45, 7) is 2.42. The Morgan fingerprint density at radius 1 is 1.27 bits per heavy atom. The maximum atomic E-state index is 12.7. The van der Waals surface area contributed by atoms with Crippen LogP contribution < -0.4 is 14.8 Å². The number of carbonyl (C=O) groups excluding carboxylic acids is 1. The zero-order chi connectivity index (χ0) is 21.5. The van der Waals surface area contributed by atoms with E-state index in [4.69, 9.17) is 9.47 Å². The van der Waals surface area contributed by atoms with Crippen molar-refractivity contribution in [1.82, 2.24) is 10.3 Å². The standard InChI is InChI=1S/C22H30N2O4S2/c1-15(21(25)23-12-16-7-5-4-6-8-16)30(26)14-17-13-29-22(24-17)19-10-9-18(27-2)11-20(19)28-3/h9-11,13,15-16H,4-8,12,14H2,1-3H3,(H,23,25). The minimum Gasteiger partial charge on any atom is -0.497 e. The van der Waals surface area contributed by atoms with Gasteiger partial charge in [-0.1, -0.05) is 19.3 Å². The van der Waals surface area contributed by atoms with Crippen LogP contribution in [0.1, 0.15) is 44.7 Å². The van der Waals surface area contributed by atoms with Crippen LogP contribution in [0, 0.1) is 5.92 Å². The van der Waals surface area contributed by atoms with Crippen molar-refractivity contribution in [3.8, 4) is 22.1 Å². The molecule has 1 N–H and O–H groups in total. The average molecular weight is 451 g/mol. The summed E-state index contributed by atoms with van der Waals surface area (Å²) >= 11 is 1.47. The van der Waals surface area contributed by atoms with Gasteiger partial charge in [-0.25, -0.2) is 4.98 Å². The molecule has 2 atom stereocenters. The van der Waals surface area contributed by atoms with E-state index in [0.717, 1.165) is 16.3 Å². The fourth-order valence-corrected chi connectivity index (χ4v) is 5.61. The van der Waals surface area contributed by atoms with Crippen molar-refractivity contribution < 1.29 is 18.5 Å². The van der Waals surface area contributed by atoms with Gasteiger partial charge in [-0.15, -0.1) is 11.3 Å². The molecule has 0 saturated heterocycles. The van der Waals surface area contributed by atoms with E-state index in [1.807, 2.05) is 23.6 Å². The van der Waals surface area contributed by atoms with Crippen LogP contribution in [-0.2, 0) is 21.3 Å². The Morgan fingerprint density at radius 3 is 2.73 bits per heavy atom. The van der Waals surface area contributed by atoms with Crippen molar-refractivity contribution in [1.29, 1.82) is 0 Å². The number of methoxy groups -OCH3 is 2. The molecule has 1 aliphatic rings. The summed E-state index contributed by atoms with van der Waals surface area (Å²) < 4.78 is 23.4. The lowest BCUT2D eigenvalue weighted by Gasteiger charge is -2.22. The van der Waals surface area contributed by atoms with Crippen LogP contribution >= 0.6 is 11.3 Å². The Labute approximate surface area is 184 Å². The lowest BCUT2D eigenvalue weighted by atomic mass is 9.89. The van der Waals surface area contributed by atoms with Crippen molar-refractivity contribution in [2.24, 2.45) is 5.92 Å². The second-order valence-corrected chi connectivity index (χ2v) is 10.2. The molecule has 1 fully saturated rings. The molecule has 1 aromatic heterocycles. The maximum absolute atomic E-state index is 12.7. The molecule has 1 aliphatic carbocycles. The number of hydrogen-bond donors (Lipinski definition) is 1. The second-order valence-electron chi connectivity index (χ2n) is 7.63. The Kier molecular flexibility index (Phi) is 8.27. The lowest BCUT2D eigenvalue weighted by molar-refractivity contribution is -0.120. The third kappa shape index (κ3) is 5.82. The molecule has 30 heavy (non-hydrogen) atoms. The zero-order valence-corrected chi connectivity index (χ0v) is 19.4. The predicted molar refractivity (Wildman–Crippen MR) is 122 cm³/mol. The minimum atomic E-state index is -1.33. The van der Waals surface area contributed by atoms with Gasteiger partial charge >= 0.3 is 0 Å². The molecule has 3 rings (SSSR count). The monoisotopic (exact) mass is 450 g/mol. The van der Waals surface area contributed by atoms with E-state index in [0.29, 0.717) is 24.0 Å². The number of aromatic nitrogens is 1. The fourth-order valence-electron chi connectivity index (χ4n) is 3.64. The zero-order valence-electron chi connectivity index (χ0n) is 17.8. The number of nitrogens with zero attached hydrogens (tertiary/aromatic N) is 1. The molecular weight excluding hydrogens is 420 g/mol. The average Bonchev–Trinajstić information content (AvgIpc) is 3.25. The Bertz CT molecular complexity index is 878. The van der Waals surface area contributed by atoms with Crippen LogP contribution in [0.4, 0.5) is 0 Å². The molecule has 1 saturated carbocycles. The smallest absolute Gasteiger partial charge is 0.235 e. The largest absolute Gasteiger partial charge is 0.497 e. The van der Waals surface area contributed by atoms with Gasteiger partial charge in [0.15, 0.2) is 0 Å². The van der Waals surface area contributed by atoms with Gasteiger partial charge in [-0.05, 0) is 37.8 Å². The highest BCUT2D eigenvalue weighted by Crippen LogP contribution is 2.35. The first kappa shape index (κ1) is 22.7. The number of amides is 1. The number of carbonyl (C=O) groups is 1. The molecule has 1 amide bonds. The summed E-state index contributed by atoms with van der Waals surface area (Å²) in [5.74, 6) is 2.07. The van der Waals surface area contributed by atoms with Crippen LogP contribution in [0.2, 0.25) is 0 Å². The molecule has 1 aromatic carbocycles. The quantitative estimate of drug-likeness (QED) is 0.621. The molecule has 0 radical (unpaired) electrons. The molecule has 2 aromatic rings. The summed E-state index contributed by atoms with van der Waals surface area (Å²) in [6, 6.07) is 5.57. The van der Waals surface area contributed by atoms with Crippen LogP contribution in [0.3, 0.4) is 0 Å². The van der Waals surface area contributed by atoms with E-state index < -0.39 is 16.0 Å². The number of nitrogens with one attached hydrogen (secondary N) is 1. The SMILES string of the molecule is COc1ccc(-c2nc(CS(=O)C(C)C(=O)NCC3CCCCC3)cs2)c(OC)c1. The highest BCUT2D eigenvalue weighted by molar-refractivity contribution is 7.85. The summed E-state index contributed by atoms with van der Waals surface area (Å²) in [5.41, 5.74) is 1.58. The third-order valence-corrected chi connectivity index (χ3v) is 8.04. The highest BCUT2D eigenvalue weighted by Gasteiger charge is 2.23. The normalized spacial score (nSPS) is 16.6. The van der Waals surface area contributed by atoms with Crippen molar-refractivity contribution in [2.75, 3.05) is 20.8 Å². The molecule has 0 aliphatic heterocycles. The van der Waals surface area contributed by atoms with Crippen LogP contribution in [0.25, 0.3) is 10.6 Å². The molecule has 2 unspecified atom stereocenters. The first-order valence-corrected chi connectivity index (χ1v) is 12.6. The lowest BCUT2D eigenvalue weighted by Crippen LogP contribution is -2.38. The van der Waals surface area contributed by atoms with E-state index in [2.05, 4.69) is 10.3 Å². The number of rotatable bonds is 9. The van der Waals surface area contributed by atoms with E-state index in [9.17, 15) is 9.00 Å². The van der Waals surface area contributed by atoms with Gasteiger partial charge in [0.2, 0.25) is 5.91 Å². The van der Waals surface area contributed by atoms with Gasteiger partial charge in [0.05, 0.1) is 31.2 Å². The number of benzene rings is 1. The second kappa shape index (κ2) is 10.9. The molecule has 0 bridgehead atoms. The topological polar surface area (TPSA) is 77.5 Å². The molecular formula is C22H30N2O4S2. The minimum absolute atomic E-state index is 0.133. The van der Waals surface area contributed by atoms with E-state index in [1.165, 1.54) is 43.4 Å². The Hall–Kier alpha value is -1.93. The number of thiazole rings is 1. The highest BCUT2D eigenvalue weighted by atomic mass is 32.2. The van der Waals surface area contributed by atoms with Gasteiger partial charge in [0.25, 0.3) is 0 Å². The first-order chi connectivity index (χ1) is 14.5. The Balaban J connectivity index is 1.58. The summed E-state index contributed by atoms with van der Waals surface area (Å²) in [6.07, 6.45) is 6.13. The van der Waals surface area contributed by atoms with E-state index >= 15 is 0 Å². The summed E-state index contributed by atoms with van der Waals surface area (Å²) in [5, 5.41) is 5.12. The molecule has 6 nitrogen and oxygen atoms in total. The van der Waals surface area contributed by atoms with Crippen LogP contribution in [0.5, 0.6) is 11.5 Å². The van der Waals surface area contributed by atoms with Gasteiger partial charge in [0, 0.05) is 28.8 Å². The van der Waals surface area contributed by atoms with Gasteiger partial charge < -0.3 is 14.8 Å². The Morgan fingerprint density at radius 2 is 2.03 bits per heavy atom. The fraction of sp³-hybridized carbons (Fsp3) is 0.545. The maximum Gasteiger partial charge on any atom is 0.235 e. The van der Waals surface area contributed by atoms with Crippen LogP contribution in [0.15, 0.2) is 23.6 Å². The van der Waals surface area contributed by atoms with Crippen molar-refractivity contribution in [3.05, 3.63) is 29.3 Å². The number of hydrogen-bond acceptors (Lipinski definition) is 6.